The molecular weight excluding hydrogens is 220 g/mol. The first kappa shape index (κ1) is 17.5. The highest BCUT2D eigenvalue weighted by molar-refractivity contribution is 4.94. The molecule has 0 fully saturated rings. The summed E-state index contributed by atoms with van der Waals surface area (Å²) in [7, 11) is 0. The lowest BCUT2D eigenvalue weighted by Gasteiger charge is -2.44. The van der Waals surface area contributed by atoms with Crippen LogP contribution in [0.3, 0.4) is 0 Å². The summed E-state index contributed by atoms with van der Waals surface area (Å²) in [5.41, 5.74) is 0.188. The van der Waals surface area contributed by atoms with E-state index < -0.39 is 0 Å². The Morgan fingerprint density at radius 1 is 1.22 bits per heavy atom. The molecule has 0 aromatic rings. The van der Waals surface area contributed by atoms with E-state index in [9.17, 15) is 0 Å². The second-order valence-electron chi connectivity index (χ2n) is 5.43. The van der Waals surface area contributed by atoms with Gasteiger partial charge < -0.3 is 5.32 Å². The molecule has 1 unspecified atom stereocenters. The molecule has 0 amide bonds. The predicted molar refractivity (Wildman–Crippen MR) is 81.8 cm³/mol. The molecule has 0 aromatic carbocycles. The van der Waals surface area contributed by atoms with Crippen LogP contribution in [0.4, 0.5) is 0 Å². The normalized spacial score (nSPS) is 13.6. The lowest BCUT2D eigenvalue weighted by atomic mass is 9.88. The zero-order valence-electron chi connectivity index (χ0n) is 13.1. The monoisotopic (exact) mass is 252 g/mol. The SMILES string of the molecule is C#CCCCC(NCCC)C(C)(C)N(CC)CC. The quantitative estimate of drug-likeness (QED) is 0.474. The number of unbranched alkanes of at least 4 members (excludes halogenated alkanes) is 1. The standard InChI is InChI=1S/C16H32N2/c1-7-11-12-13-15(17-14-8-2)16(5,6)18(9-3)10-4/h1,15,17H,8-14H2,2-6H3. The van der Waals surface area contributed by atoms with E-state index in [0.29, 0.717) is 6.04 Å². The Morgan fingerprint density at radius 2 is 1.83 bits per heavy atom. The molecule has 0 rings (SSSR count). The van der Waals surface area contributed by atoms with Crippen molar-refractivity contribution >= 4 is 0 Å². The topological polar surface area (TPSA) is 15.3 Å². The maximum Gasteiger partial charge on any atom is 0.0306 e. The highest BCUT2D eigenvalue weighted by Gasteiger charge is 2.32. The Hall–Kier alpha value is -0.520. The van der Waals surface area contributed by atoms with E-state index in [2.05, 4.69) is 50.8 Å². The third-order valence-corrected chi connectivity index (χ3v) is 3.89. The van der Waals surface area contributed by atoms with Crippen molar-refractivity contribution in [2.24, 2.45) is 0 Å². The summed E-state index contributed by atoms with van der Waals surface area (Å²) in [6.07, 6.45) is 9.70. The molecule has 0 radical (unpaired) electrons. The fraction of sp³-hybridized carbons (Fsp3) is 0.875. The second kappa shape index (κ2) is 9.42. The van der Waals surface area contributed by atoms with E-state index in [-0.39, 0.29) is 5.54 Å². The van der Waals surface area contributed by atoms with Crippen LogP contribution in [-0.4, -0.2) is 36.1 Å². The van der Waals surface area contributed by atoms with E-state index in [1.165, 1.54) is 6.42 Å². The van der Waals surface area contributed by atoms with E-state index in [1.54, 1.807) is 0 Å². The van der Waals surface area contributed by atoms with Crippen LogP contribution in [0.1, 0.15) is 60.3 Å². The molecule has 106 valence electrons. The van der Waals surface area contributed by atoms with E-state index in [0.717, 1.165) is 38.9 Å². The van der Waals surface area contributed by atoms with Gasteiger partial charge in [-0.3, -0.25) is 4.90 Å². The lowest BCUT2D eigenvalue weighted by molar-refractivity contribution is 0.0868. The summed E-state index contributed by atoms with van der Waals surface area (Å²) in [6.45, 7) is 14.7. The molecule has 0 aliphatic rings. The van der Waals surface area contributed by atoms with E-state index in [4.69, 9.17) is 6.42 Å². The molecular formula is C16H32N2. The van der Waals surface area contributed by atoms with Crippen molar-refractivity contribution in [3.8, 4) is 12.3 Å². The molecule has 0 aliphatic heterocycles. The molecule has 1 atom stereocenters. The van der Waals surface area contributed by atoms with Crippen molar-refractivity contribution in [1.82, 2.24) is 10.2 Å². The minimum absolute atomic E-state index is 0.188. The number of nitrogens with one attached hydrogen (secondary N) is 1. The van der Waals surface area contributed by atoms with Crippen LogP contribution in [0.15, 0.2) is 0 Å². The molecule has 0 saturated heterocycles. The van der Waals surface area contributed by atoms with Crippen LogP contribution in [-0.2, 0) is 0 Å². The molecule has 1 N–H and O–H groups in total. The van der Waals surface area contributed by atoms with Crippen LogP contribution in [0.25, 0.3) is 0 Å². The third-order valence-electron chi connectivity index (χ3n) is 3.89. The van der Waals surface area contributed by atoms with E-state index >= 15 is 0 Å². The van der Waals surface area contributed by atoms with Gasteiger partial charge in [-0.1, -0.05) is 20.8 Å². The van der Waals surface area contributed by atoms with Crippen molar-refractivity contribution < 1.29 is 0 Å². The first-order valence-electron chi connectivity index (χ1n) is 7.46. The average Bonchev–Trinajstić information content (AvgIpc) is 2.34. The molecule has 0 aliphatic carbocycles. The molecule has 0 aromatic heterocycles. The summed E-state index contributed by atoms with van der Waals surface area (Å²) in [5.74, 6) is 2.75. The van der Waals surface area contributed by atoms with Gasteiger partial charge in [0, 0.05) is 18.0 Å². The van der Waals surface area contributed by atoms with Gasteiger partial charge in [-0.25, -0.2) is 0 Å². The van der Waals surface area contributed by atoms with Gasteiger partial charge in [-0.05, 0) is 52.7 Å². The summed E-state index contributed by atoms with van der Waals surface area (Å²) in [6, 6.07) is 0.519. The molecule has 2 nitrogen and oxygen atoms in total. The van der Waals surface area contributed by atoms with Crippen LogP contribution in [0, 0.1) is 12.3 Å². The van der Waals surface area contributed by atoms with Gasteiger partial charge in [0.1, 0.15) is 0 Å². The largest absolute Gasteiger partial charge is 0.312 e. The number of rotatable bonds is 10. The number of hydrogen-bond donors (Lipinski definition) is 1. The van der Waals surface area contributed by atoms with Crippen LogP contribution >= 0.6 is 0 Å². The van der Waals surface area contributed by atoms with Crippen molar-refractivity contribution in [3.05, 3.63) is 0 Å². The summed E-state index contributed by atoms with van der Waals surface area (Å²) < 4.78 is 0. The number of likely N-dealkylation sites (N-methyl/N-ethyl adjacent to an activating group) is 1. The van der Waals surface area contributed by atoms with Gasteiger partial charge in [0.15, 0.2) is 0 Å². The third kappa shape index (κ3) is 5.42. The molecule has 18 heavy (non-hydrogen) atoms. The summed E-state index contributed by atoms with van der Waals surface area (Å²) in [4.78, 5) is 2.54. The minimum atomic E-state index is 0.188. The Kier molecular flexibility index (Phi) is 9.14. The smallest absolute Gasteiger partial charge is 0.0306 e. The van der Waals surface area contributed by atoms with Crippen molar-refractivity contribution in [2.75, 3.05) is 19.6 Å². The zero-order valence-corrected chi connectivity index (χ0v) is 13.1. The van der Waals surface area contributed by atoms with Gasteiger partial charge in [0.2, 0.25) is 0 Å². The number of terminal acetylenes is 1. The Morgan fingerprint density at radius 3 is 2.28 bits per heavy atom. The molecule has 0 spiro atoms. The molecule has 0 saturated carbocycles. The van der Waals surface area contributed by atoms with Crippen molar-refractivity contribution in [3.63, 3.8) is 0 Å². The van der Waals surface area contributed by atoms with E-state index in [1.807, 2.05) is 0 Å². The van der Waals surface area contributed by atoms with Crippen LogP contribution in [0.2, 0.25) is 0 Å². The molecule has 0 heterocycles. The Bertz CT molecular complexity index is 236. The van der Waals surface area contributed by atoms with Gasteiger partial charge in [-0.15, -0.1) is 12.3 Å². The first-order valence-corrected chi connectivity index (χ1v) is 7.46. The first-order chi connectivity index (χ1) is 8.54. The predicted octanol–water partition coefficient (Wildman–Crippen LogP) is 3.28. The number of nitrogens with zero attached hydrogens (tertiary/aromatic N) is 1. The molecule has 0 bridgehead atoms. The van der Waals surface area contributed by atoms with Crippen LogP contribution in [0.5, 0.6) is 0 Å². The highest BCUT2D eigenvalue weighted by atomic mass is 15.2. The lowest BCUT2D eigenvalue weighted by Crippen LogP contribution is -2.57. The average molecular weight is 252 g/mol. The van der Waals surface area contributed by atoms with Gasteiger partial charge in [0.25, 0.3) is 0 Å². The second-order valence-corrected chi connectivity index (χ2v) is 5.43. The summed E-state index contributed by atoms with van der Waals surface area (Å²) >= 11 is 0. The maximum absolute atomic E-state index is 5.36. The Labute approximate surface area is 115 Å². The highest BCUT2D eigenvalue weighted by Crippen LogP contribution is 2.22. The fourth-order valence-corrected chi connectivity index (χ4v) is 2.69. The molecule has 2 heteroatoms. The van der Waals surface area contributed by atoms with Gasteiger partial charge in [0.05, 0.1) is 0 Å². The van der Waals surface area contributed by atoms with Crippen molar-refractivity contribution in [2.45, 2.75) is 71.9 Å². The zero-order chi connectivity index (χ0) is 14.0. The summed E-state index contributed by atoms with van der Waals surface area (Å²) in [5, 5.41) is 3.71. The van der Waals surface area contributed by atoms with Crippen LogP contribution < -0.4 is 5.32 Å². The maximum atomic E-state index is 5.36. The van der Waals surface area contributed by atoms with Crippen molar-refractivity contribution in [1.29, 1.82) is 0 Å². The Balaban J connectivity index is 4.63. The fourth-order valence-electron chi connectivity index (χ4n) is 2.69. The van der Waals surface area contributed by atoms with Gasteiger partial charge in [-0.2, -0.15) is 0 Å². The minimum Gasteiger partial charge on any atom is -0.312 e. The number of hydrogen-bond acceptors (Lipinski definition) is 2. The van der Waals surface area contributed by atoms with Gasteiger partial charge >= 0.3 is 0 Å².